The molecule has 0 aliphatic carbocycles. The van der Waals surface area contributed by atoms with Crippen LogP contribution in [0.1, 0.15) is 80.1 Å². The van der Waals surface area contributed by atoms with Gasteiger partial charge >= 0.3 is 0 Å². The second kappa shape index (κ2) is 13.8. The van der Waals surface area contributed by atoms with Crippen molar-refractivity contribution >= 4 is 29.2 Å². The van der Waals surface area contributed by atoms with Gasteiger partial charge in [-0.05, 0) is 98.1 Å². The van der Waals surface area contributed by atoms with Crippen LogP contribution in [0.5, 0.6) is 0 Å². The standard InChI is InChI=1S/C26H50O4Si2/c1-25(2,3)31(7,8)29-21-13-11-15-23(17-19-27)24(18-20-28)16-12-14-22-30-32(9,10)26(4,5)6/h17-20H,11-16,21-22H2,1-10H3/b23-17+,24-18+. The van der Waals surface area contributed by atoms with Crippen molar-refractivity contribution in [3.63, 3.8) is 0 Å². The van der Waals surface area contributed by atoms with Crippen LogP contribution in [0.2, 0.25) is 36.3 Å². The second-order valence-corrected chi connectivity index (χ2v) is 21.4. The van der Waals surface area contributed by atoms with Gasteiger partial charge in [0.15, 0.2) is 16.6 Å². The van der Waals surface area contributed by atoms with E-state index < -0.39 is 16.6 Å². The van der Waals surface area contributed by atoms with Crippen LogP contribution in [-0.4, -0.2) is 42.4 Å². The molecule has 0 bridgehead atoms. The predicted molar refractivity (Wildman–Crippen MR) is 142 cm³/mol. The van der Waals surface area contributed by atoms with Crippen LogP contribution in [0, 0.1) is 0 Å². The van der Waals surface area contributed by atoms with Crippen molar-refractivity contribution in [2.24, 2.45) is 0 Å². The molecule has 0 rings (SSSR count). The first-order valence-corrected chi connectivity index (χ1v) is 18.0. The first-order chi connectivity index (χ1) is 14.6. The van der Waals surface area contributed by atoms with Gasteiger partial charge in [-0.3, -0.25) is 9.59 Å². The fourth-order valence-corrected chi connectivity index (χ4v) is 4.96. The third-order valence-corrected chi connectivity index (χ3v) is 16.2. The molecule has 0 N–H and O–H groups in total. The van der Waals surface area contributed by atoms with Gasteiger partial charge in [-0.15, -0.1) is 0 Å². The molecule has 4 nitrogen and oxygen atoms in total. The Kier molecular flexibility index (Phi) is 13.4. The number of rotatable bonds is 15. The van der Waals surface area contributed by atoms with Gasteiger partial charge in [0.1, 0.15) is 12.6 Å². The third kappa shape index (κ3) is 11.3. The summed E-state index contributed by atoms with van der Waals surface area (Å²) in [5, 5.41) is 0.424. The van der Waals surface area contributed by atoms with E-state index in [4.69, 9.17) is 8.85 Å². The zero-order chi connectivity index (χ0) is 25.1. The number of allylic oxidation sites excluding steroid dienone is 4. The van der Waals surface area contributed by atoms with Crippen molar-refractivity contribution in [3.8, 4) is 0 Å². The van der Waals surface area contributed by atoms with Gasteiger partial charge in [-0.25, -0.2) is 0 Å². The monoisotopic (exact) mass is 482 g/mol. The molecule has 0 saturated heterocycles. The number of aldehydes is 2. The van der Waals surface area contributed by atoms with Gasteiger partial charge < -0.3 is 8.85 Å². The molecular weight excluding hydrogens is 432 g/mol. The van der Waals surface area contributed by atoms with Crippen LogP contribution in [-0.2, 0) is 18.4 Å². The highest BCUT2D eigenvalue weighted by Crippen LogP contribution is 2.37. The molecule has 0 heterocycles. The van der Waals surface area contributed by atoms with Crippen LogP contribution in [0.3, 0.4) is 0 Å². The molecule has 0 radical (unpaired) electrons. The molecular formula is C26H50O4Si2. The average Bonchev–Trinajstić information content (AvgIpc) is 2.64. The van der Waals surface area contributed by atoms with E-state index in [9.17, 15) is 9.59 Å². The lowest BCUT2D eigenvalue weighted by Gasteiger charge is -2.36. The lowest BCUT2D eigenvalue weighted by molar-refractivity contribution is -0.105. The Balaban J connectivity index is 4.65. The highest BCUT2D eigenvalue weighted by Gasteiger charge is 2.37. The molecule has 186 valence electrons. The maximum atomic E-state index is 11.2. The van der Waals surface area contributed by atoms with E-state index in [2.05, 4.69) is 67.7 Å². The van der Waals surface area contributed by atoms with E-state index in [1.807, 2.05) is 0 Å². The van der Waals surface area contributed by atoms with Crippen molar-refractivity contribution < 1.29 is 18.4 Å². The molecule has 0 aliphatic rings. The number of unbranched alkanes of at least 4 members (excludes halogenated alkanes) is 2. The van der Waals surface area contributed by atoms with Gasteiger partial charge in [-0.1, -0.05) is 41.5 Å². The van der Waals surface area contributed by atoms with Crippen molar-refractivity contribution in [1.82, 2.24) is 0 Å². The normalized spacial score (nSPS) is 14.6. The van der Waals surface area contributed by atoms with E-state index in [-0.39, 0.29) is 10.1 Å². The summed E-state index contributed by atoms with van der Waals surface area (Å²) in [4.78, 5) is 22.4. The SMILES string of the molecule is CC(C)(C)[Si](C)(C)OCCCCC(=C\C=O)/C(=C/C=O)CCCCO[Si](C)(C)C(C)(C)C. The molecule has 0 amide bonds. The average molecular weight is 483 g/mol. The maximum Gasteiger partial charge on any atom is 0.191 e. The molecule has 0 fully saturated rings. The molecule has 0 spiro atoms. The van der Waals surface area contributed by atoms with E-state index in [1.54, 1.807) is 12.2 Å². The number of carbonyl (C=O) groups excluding carboxylic acids is 2. The van der Waals surface area contributed by atoms with Gasteiger partial charge in [-0.2, -0.15) is 0 Å². The summed E-state index contributed by atoms with van der Waals surface area (Å²) < 4.78 is 12.5. The lowest BCUT2D eigenvalue weighted by atomic mass is 9.95. The van der Waals surface area contributed by atoms with E-state index in [0.717, 1.165) is 75.5 Å². The molecule has 0 aromatic rings. The Labute approximate surface area is 200 Å². The van der Waals surface area contributed by atoms with Crippen molar-refractivity contribution in [3.05, 3.63) is 23.3 Å². The number of carbonyl (C=O) groups is 2. The number of hydrogen-bond acceptors (Lipinski definition) is 4. The smallest absolute Gasteiger partial charge is 0.191 e. The van der Waals surface area contributed by atoms with E-state index in [0.29, 0.717) is 0 Å². The minimum atomic E-state index is -1.72. The Hall–Kier alpha value is -0.826. The molecule has 0 aliphatic heterocycles. The van der Waals surface area contributed by atoms with Gasteiger partial charge in [0.25, 0.3) is 0 Å². The Morgan fingerprint density at radius 1 is 0.625 bits per heavy atom. The molecule has 0 aromatic heterocycles. The van der Waals surface area contributed by atoms with Crippen molar-refractivity contribution in [2.45, 2.75) is 116 Å². The quantitative estimate of drug-likeness (QED) is 0.0791. The highest BCUT2D eigenvalue weighted by atomic mass is 28.4. The summed E-state index contributed by atoms with van der Waals surface area (Å²) in [6, 6.07) is 0. The summed E-state index contributed by atoms with van der Waals surface area (Å²) >= 11 is 0. The Morgan fingerprint density at radius 2 is 0.938 bits per heavy atom. The Morgan fingerprint density at radius 3 is 1.19 bits per heavy atom. The van der Waals surface area contributed by atoms with Crippen molar-refractivity contribution in [1.29, 1.82) is 0 Å². The minimum Gasteiger partial charge on any atom is -0.417 e. The molecule has 0 atom stereocenters. The lowest BCUT2D eigenvalue weighted by Crippen LogP contribution is -2.40. The van der Waals surface area contributed by atoms with Gasteiger partial charge in [0, 0.05) is 13.2 Å². The van der Waals surface area contributed by atoms with Crippen molar-refractivity contribution in [2.75, 3.05) is 13.2 Å². The molecule has 0 unspecified atom stereocenters. The molecule has 32 heavy (non-hydrogen) atoms. The summed E-state index contributed by atoms with van der Waals surface area (Å²) in [6.07, 6.45) is 10.3. The van der Waals surface area contributed by atoms with Gasteiger partial charge in [0.05, 0.1) is 0 Å². The van der Waals surface area contributed by atoms with Crippen LogP contribution in [0.4, 0.5) is 0 Å². The molecule has 6 heteroatoms. The first-order valence-electron chi connectivity index (χ1n) is 12.2. The zero-order valence-electron chi connectivity index (χ0n) is 22.6. The second-order valence-electron chi connectivity index (χ2n) is 11.8. The summed E-state index contributed by atoms with van der Waals surface area (Å²) in [6.45, 7) is 24.1. The summed E-state index contributed by atoms with van der Waals surface area (Å²) in [5.41, 5.74) is 1.95. The van der Waals surface area contributed by atoms with E-state index >= 15 is 0 Å². The molecule has 0 aromatic carbocycles. The summed E-state index contributed by atoms with van der Waals surface area (Å²) in [5.74, 6) is 0. The third-order valence-electron chi connectivity index (χ3n) is 7.17. The Bertz CT molecular complexity index is 579. The zero-order valence-corrected chi connectivity index (χ0v) is 24.6. The highest BCUT2D eigenvalue weighted by molar-refractivity contribution is 6.74. The van der Waals surface area contributed by atoms with Gasteiger partial charge in [0.2, 0.25) is 0 Å². The maximum absolute atomic E-state index is 11.2. The predicted octanol–water partition coefficient (Wildman–Crippen LogP) is 7.62. The summed E-state index contributed by atoms with van der Waals surface area (Å²) in [7, 11) is -3.44. The van der Waals surface area contributed by atoms with Crippen LogP contribution in [0.25, 0.3) is 0 Å². The first kappa shape index (κ1) is 31.2. The topological polar surface area (TPSA) is 52.6 Å². The van der Waals surface area contributed by atoms with E-state index in [1.165, 1.54) is 0 Å². The molecule has 0 saturated carbocycles. The minimum absolute atomic E-state index is 0.212. The fourth-order valence-electron chi connectivity index (χ4n) is 2.79. The van der Waals surface area contributed by atoms with Crippen LogP contribution < -0.4 is 0 Å². The largest absolute Gasteiger partial charge is 0.417 e. The number of hydrogen-bond donors (Lipinski definition) is 0. The fraction of sp³-hybridized carbons (Fsp3) is 0.769. The van der Waals surface area contributed by atoms with Crippen LogP contribution >= 0.6 is 0 Å². The van der Waals surface area contributed by atoms with Crippen LogP contribution in [0.15, 0.2) is 23.3 Å².